The van der Waals surface area contributed by atoms with E-state index < -0.39 is 0 Å². The average Bonchev–Trinajstić information content (AvgIpc) is 3.45. The summed E-state index contributed by atoms with van der Waals surface area (Å²) in [6.07, 6.45) is 1.73. The molecule has 4 aromatic rings. The summed E-state index contributed by atoms with van der Waals surface area (Å²) in [6.45, 7) is 1.73. The van der Waals surface area contributed by atoms with Crippen LogP contribution in [-0.2, 0) is 19.6 Å². The molecule has 0 spiro atoms. The van der Waals surface area contributed by atoms with Crippen molar-refractivity contribution >= 4 is 28.6 Å². The second-order valence-corrected chi connectivity index (χ2v) is 8.17. The summed E-state index contributed by atoms with van der Waals surface area (Å²) < 4.78 is 1.71. The van der Waals surface area contributed by atoms with Gasteiger partial charge in [0.05, 0.1) is 25.8 Å². The van der Waals surface area contributed by atoms with Gasteiger partial charge in [-0.1, -0.05) is 47.7 Å². The molecule has 0 aliphatic rings. The molecule has 0 bridgehead atoms. The highest BCUT2D eigenvalue weighted by atomic mass is 32.1. The van der Waals surface area contributed by atoms with Crippen LogP contribution in [-0.4, -0.2) is 25.8 Å². The Kier molecular flexibility index (Phi) is 5.41. The first-order valence-corrected chi connectivity index (χ1v) is 10.3. The Morgan fingerprint density at radius 3 is 2.19 bits per heavy atom. The van der Waals surface area contributed by atoms with E-state index in [9.17, 15) is 4.79 Å². The maximum Gasteiger partial charge on any atom is 0.276 e. The maximum atomic E-state index is 13.1. The quantitative estimate of drug-likeness (QED) is 0.470. The summed E-state index contributed by atoms with van der Waals surface area (Å²) in [7, 11) is 0. The van der Waals surface area contributed by atoms with E-state index in [1.165, 1.54) is 0 Å². The topological polar surface area (TPSA) is 51.0 Å². The summed E-state index contributed by atoms with van der Waals surface area (Å²) in [5.41, 5.74) is 1.49. The standard InChI is InChI=1S/C20H18N4OS2/c25-20(19-15-24(22-21-19)12-16-6-2-1-3-7-16)23(13-17-8-4-10-26-17)14-18-9-5-11-27-18/h1-11,15H,12-14H2. The van der Waals surface area contributed by atoms with Gasteiger partial charge < -0.3 is 4.90 Å². The molecule has 0 saturated heterocycles. The van der Waals surface area contributed by atoms with Crippen LogP contribution >= 0.6 is 22.7 Å². The lowest BCUT2D eigenvalue weighted by Gasteiger charge is -2.20. The van der Waals surface area contributed by atoms with E-state index in [2.05, 4.69) is 10.3 Å². The fraction of sp³-hybridized carbons (Fsp3) is 0.150. The number of nitrogens with zero attached hydrogens (tertiary/aromatic N) is 4. The third-order valence-electron chi connectivity index (χ3n) is 4.09. The van der Waals surface area contributed by atoms with Gasteiger partial charge in [-0.25, -0.2) is 4.68 Å². The highest BCUT2D eigenvalue weighted by molar-refractivity contribution is 7.10. The summed E-state index contributed by atoms with van der Waals surface area (Å²) in [5, 5.41) is 12.3. The molecule has 27 heavy (non-hydrogen) atoms. The number of aromatic nitrogens is 3. The molecule has 136 valence electrons. The largest absolute Gasteiger partial charge is 0.327 e. The zero-order valence-corrected chi connectivity index (χ0v) is 16.2. The minimum atomic E-state index is -0.101. The normalized spacial score (nSPS) is 10.8. The molecule has 0 fully saturated rings. The van der Waals surface area contributed by atoms with Crippen molar-refractivity contribution in [2.45, 2.75) is 19.6 Å². The van der Waals surface area contributed by atoms with Crippen molar-refractivity contribution in [1.29, 1.82) is 0 Å². The van der Waals surface area contributed by atoms with Gasteiger partial charge >= 0.3 is 0 Å². The molecular formula is C20H18N4OS2. The second-order valence-electron chi connectivity index (χ2n) is 6.11. The number of hydrogen-bond donors (Lipinski definition) is 0. The van der Waals surface area contributed by atoms with Gasteiger partial charge in [-0.3, -0.25) is 4.79 Å². The van der Waals surface area contributed by atoms with Crippen LogP contribution in [0.2, 0.25) is 0 Å². The van der Waals surface area contributed by atoms with E-state index in [1.54, 1.807) is 33.6 Å². The Morgan fingerprint density at radius 1 is 0.926 bits per heavy atom. The van der Waals surface area contributed by atoms with Crippen LogP contribution in [0.4, 0.5) is 0 Å². The molecule has 1 amide bonds. The highest BCUT2D eigenvalue weighted by Gasteiger charge is 2.20. The molecule has 4 rings (SSSR count). The van der Waals surface area contributed by atoms with Crippen molar-refractivity contribution in [2.75, 3.05) is 0 Å². The van der Waals surface area contributed by atoms with Crippen LogP contribution in [0, 0.1) is 0 Å². The minimum absolute atomic E-state index is 0.101. The minimum Gasteiger partial charge on any atom is -0.327 e. The lowest BCUT2D eigenvalue weighted by atomic mass is 10.2. The van der Waals surface area contributed by atoms with Gasteiger partial charge in [0.25, 0.3) is 5.91 Å². The summed E-state index contributed by atoms with van der Waals surface area (Å²) in [5.74, 6) is -0.101. The first-order chi connectivity index (χ1) is 13.3. The molecule has 1 aromatic carbocycles. The second kappa shape index (κ2) is 8.28. The van der Waals surface area contributed by atoms with E-state index in [4.69, 9.17) is 0 Å². The lowest BCUT2D eigenvalue weighted by Crippen LogP contribution is -2.29. The maximum absolute atomic E-state index is 13.1. The van der Waals surface area contributed by atoms with Gasteiger partial charge in [-0.05, 0) is 28.5 Å². The number of carbonyl (C=O) groups is 1. The SMILES string of the molecule is O=C(c1cn(Cc2ccccc2)nn1)N(Cc1cccs1)Cc1cccs1. The van der Waals surface area contributed by atoms with E-state index in [0.717, 1.165) is 15.3 Å². The van der Waals surface area contributed by atoms with Crippen molar-refractivity contribution in [2.24, 2.45) is 0 Å². The summed E-state index contributed by atoms with van der Waals surface area (Å²) in [4.78, 5) is 17.2. The molecule has 0 atom stereocenters. The van der Waals surface area contributed by atoms with Gasteiger partial charge in [0.2, 0.25) is 0 Å². The van der Waals surface area contributed by atoms with Crippen LogP contribution in [0.15, 0.2) is 71.6 Å². The number of benzene rings is 1. The molecule has 7 heteroatoms. The van der Waals surface area contributed by atoms with Gasteiger partial charge in [-0.2, -0.15) is 0 Å². The van der Waals surface area contributed by atoms with Crippen LogP contribution in [0.3, 0.4) is 0 Å². The highest BCUT2D eigenvalue weighted by Crippen LogP contribution is 2.19. The predicted octanol–water partition coefficient (Wildman–Crippen LogP) is 4.29. The van der Waals surface area contributed by atoms with Crippen molar-refractivity contribution < 1.29 is 4.79 Å². The van der Waals surface area contributed by atoms with Crippen molar-refractivity contribution in [3.63, 3.8) is 0 Å². The molecule has 3 heterocycles. The Balaban J connectivity index is 1.52. The molecule has 5 nitrogen and oxygen atoms in total. The molecule has 3 aromatic heterocycles. The smallest absolute Gasteiger partial charge is 0.276 e. The van der Waals surface area contributed by atoms with E-state index in [0.29, 0.717) is 25.3 Å². The molecule has 0 saturated carbocycles. The van der Waals surface area contributed by atoms with Crippen molar-refractivity contribution in [1.82, 2.24) is 19.9 Å². The number of hydrogen-bond acceptors (Lipinski definition) is 5. The lowest BCUT2D eigenvalue weighted by molar-refractivity contribution is 0.0727. The van der Waals surface area contributed by atoms with Gasteiger partial charge in [0, 0.05) is 9.75 Å². The van der Waals surface area contributed by atoms with E-state index in [-0.39, 0.29) is 5.91 Å². The monoisotopic (exact) mass is 394 g/mol. The van der Waals surface area contributed by atoms with Crippen LogP contribution in [0.5, 0.6) is 0 Å². The fourth-order valence-corrected chi connectivity index (χ4v) is 4.23. The Labute approximate surface area is 165 Å². The predicted molar refractivity (Wildman–Crippen MR) is 108 cm³/mol. The van der Waals surface area contributed by atoms with E-state index in [1.807, 2.05) is 70.3 Å². The summed E-state index contributed by atoms with van der Waals surface area (Å²) in [6, 6.07) is 18.1. The Bertz CT molecular complexity index is 942. The van der Waals surface area contributed by atoms with Gasteiger partial charge in [0.15, 0.2) is 5.69 Å². The number of rotatable bonds is 7. The Hall–Kier alpha value is -2.77. The number of carbonyl (C=O) groups excluding carboxylic acids is 1. The van der Waals surface area contributed by atoms with Crippen molar-refractivity contribution in [3.8, 4) is 0 Å². The molecule has 0 aliphatic carbocycles. The molecule has 0 aliphatic heterocycles. The van der Waals surface area contributed by atoms with Crippen molar-refractivity contribution in [3.05, 3.63) is 92.6 Å². The first kappa shape index (κ1) is 17.6. The zero-order valence-electron chi connectivity index (χ0n) is 14.6. The van der Waals surface area contributed by atoms with E-state index >= 15 is 0 Å². The molecular weight excluding hydrogens is 376 g/mol. The van der Waals surface area contributed by atoms with Gasteiger partial charge in [0.1, 0.15) is 0 Å². The Morgan fingerprint density at radius 2 is 1.59 bits per heavy atom. The van der Waals surface area contributed by atoms with Gasteiger partial charge in [-0.15, -0.1) is 27.8 Å². The third kappa shape index (κ3) is 4.50. The third-order valence-corrected chi connectivity index (χ3v) is 5.81. The first-order valence-electron chi connectivity index (χ1n) is 8.56. The molecule has 0 N–H and O–H groups in total. The molecule has 0 radical (unpaired) electrons. The van der Waals surface area contributed by atoms with Crippen LogP contribution < -0.4 is 0 Å². The summed E-state index contributed by atoms with van der Waals surface area (Å²) >= 11 is 3.30. The number of amides is 1. The van der Waals surface area contributed by atoms with Crippen LogP contribution in [0.25, 0.3) is 0 Å². The van der Waals surface area contributed by atoms with Crippen LogP contribution in [0.1, 0.15) is 25.8 Å². The number of thiophene rings is 2. The fourth-order valence-electron chi connectivity index (χ4n) is 2.79. The molecule has 0 unspecified atom stereocenters. The average molecular weight is 395 g/mol. The zero-order chi connectivity index (χ0) is 18.5.